The number of alkyl halides is 3. The summed E-state index contributed by atoms with van der Waals surface area (Å²) in [6, 6.07) is -1.49. The van der Waals surface area contributed by atoms with Gasteiger partial charge in [0, 0.05) is 44.2 Å². The van der Waals surface area contributed by atoms with Gasteiger partial charge in [0.15, 0.2) is 5.82 Å². The summed E-state index contributed by atoms with van der Waals surface area (Å²) in [6.07, 6.45) is -0.101. The molecule has 3 unspecified atom stereocenters. The maximum Gasteiger partial charge on any atom is 0.265 e. The van der Waals surface area contributed by atoms with Gasteiger partial charge in [-0.1, -0.05) is 5.16 Å². The van der Waals surface area contributed by atoms with Crippen molar-refractivity contribution < 1.29 is 27.3 Å². The summed E-state index contributed by atoms with van der Waals surface area (Å²) in [6.45, 7) is -0.958. The minimum absolute atomic E-state index is 0.0596. The second-order valence-corrected chi connectivity index (χ2v) is 8.25. The van der Waals surface area contributed by atoms with E-state index in [1.54, 1.807) is 0 Å². The second-order valence-electron chi connectivity index (χ2n) is 8.25. The number of carbonyl (C=O) groups excluding carboxylic acids is 2. The van der Waals surface area contributed by atoms with Crippen LogP contribution in [0.15, 0.2) is 4.52 Å². The molecule has 2 saturated heterocycles. The Hall–Kier alpha value is -2.17. The quantitative estimate of drug-likeness (QED) is 0.756. The maximum absolute atomic E-state index is 14.0. The van der Waals surface area contributed by atoms with E-state index in [9.17, 15) is 22.8 Å². The summed E-state index contributed by atoms with van der Waals surface area (Å²) in [7, 11) is 0. The standard InChI is InChI=1S/C18H24F3N5O3/c19-11-5-13(17-23-16(24-29-17)10-1-2-10)26(7-11)15(28)6-12(22)8-25-9-18(20,21)4-3-14(25)27/h10-13H,1-9,22H2. The molecule has 11 heteroatoms. The van der Waals surface area contributed by atoms with Gasteiger partial charge in [-0.2, -0.15) is 4.98 Å². The highest BCUT2D eigenvalue weighted by Crippen LogP contribution is 2.40. The Labute approximate surface area is 165 Å². The van der Waals surface area contributed by atoms with Gasteiger partial charge in [0.25, 0.3) is 5.92 Å². The highest BCUT2D eigenvalue weighted by Gasteiger charge is 2.42. The Morgan fingerprint density at radius 2 is 2.14 bits per heavy atom. The highest BCUT2D eigenvalue weighted by atomic mass is 19.3. The molecule has 1 aromatic heterocycles. The van der Waals surface area contributed by atoms with Gasteiger partial charge in [0.1, 0.15) is 12.2 Å². The molecule has 3 fully saturated rings. The van der Waals surface area contributed by atoms with Crippen molar-refractivity contribution in [2.45, 2.75) is 68.6 Å². The first-order valence-electron chi connectivity index (χ1n) is 9.90. The van der Waals surface area contributed by atoms with Gasteiger partial charge in [-0.15, -0.1) is 0 Å². The number of nitrogens with two attached hydrogens (primary N) is 1. The predicted octanol–water partition coefficient (Wildman–Crippen LogP) is 1.53. The number of nitrogens with zero attached hydrogens (tertiary/aromatic N) is 4. The van der Waals surface area contributed by atoms with E-state index < -0.39 is 49.0 Å². The van der Waals surface area contributed by atoms with Crippen LogP contribution in [0, 0.1) is 0 Å². The molecule has 0 radical (unpaired) electrons. The summed E-state index contributed by atoms with van der Waals surface area (Å²) < 4.78 is 46.4. The lowest BCUT2D eigenvalue weighted by Crippen LogP contribution is -2.51. The van der Waals surface area contributed by atoms with E-state index in [-0.39, 0.29) is 44.2 Å². The van der Waals surface area contributed by atoms with Crippen molar-refractivity contribution in [2.24, 2.45) is 5.73 Å². The Morgan fingerprint density at radius 3 is 2.86 bits per heavy atom. The van der Waals surface area contributed by atoms with Gasteiger partial charge in [-0.05, 0) is 12.8 Å². The lowest BCUT2D eigenvalue weighted by atomic mass is 10.0. The third-order valence-corrected chi connectivity index (χ3v) is 5.63. The molecule has 2 amide bonds. The number of likely N-dealkylation sites (tertiary alicyclic amines) is 2. The van der Waals surface area contributed by atoms with Crippen LogP contribution >= 0.6 is 0 Å². The summed E-state index contributed by atoms with van der Waals surface area (Å²) in [5, 5.41) is 3.92. The molecule has 29 heavy (non-hydrogen) atoms. The highest BCUT2D eigenvalue weighted by molar-refractivity contribution is 5.79. The molecule has 0 spiro atoms. The van der Waals surface area contributed by atoms with E-state index in [1.807, 2.05) is 0 Å². The third-order valence-electron chi connectivity index (χ3n) is 5.63. The number of halogens is 3. The Bertz CT molecular complexity index is 785. The lowest BCUT2D eigenvalue weighted by molar-refractivity contribution is -0.148. The van der Waals surface area contributed by atoms with Gasteiger partial charge >= 0.3 is 0 Å². The molecule has 3 atom stereocenters. The summed E-state index contributed by atoms with van der Waals surface area (Å²) >= 11 is 0. The molecule has 1 saturated carbocycles. The van der Waals surface area contributed by atoms with Crippen molar-refractivity contribution in [2.75, 3.05) is 19.6 Å². The second kappa shape index (κ2) is 7.58. The minimum Gasteiger partial charge on any atom is -0.337 e. The third kappa shape index (κ3) is 4.54. The monoisotopic (exact) mass is 415 g/mol. The summed E-state index contributed by atoms with van der Waals surface area (Å²) in [5.74, 6) is -2.72. The largest absolute Gasteiger partial charge is 0.337 e. The number of amides is 2. The number of carbonyl (C=O) groups is 2. The van der Waals surface area contributed by atoms with Crippen molar-refractivity contribution in [1.29, 1.82) is 0 Å². The fourth-order valence-corrected chi connectivity index (χ4v) is 3.93. The number of piperidine rings is 1. The van der Waals surface area contributed by atoms with Gasteiger partial charge in [0.05, 0.1) is 13.1 Å². The Kier molecular flexibility index (Phi) is 5.26. The molecule has 3 aliphatic rings. The molecule has 160 valence electrons. The van der Waals surface area contributed by atoms with Gasteiger partial charge in [-0.25, -0.2) is 13.2 Å². The van der Waals surface area contributed by atoms with Crippen LogP contribution in [0.3, 0.4) is 0 Å². The van der Waals surface area contributed by atoms with E-state index in [4.69, 9.17) is 10.3 Å². The zero-order valence-corrected chi connectivity index (χ0v) is 15.9. The topological polar surface area (TPSA) is 106 Å². The molecule has 0 aromatic carbocycles. The number of aromatic nitrogens is 2. The normalized spacial score (nSPS) is 28.1. The van der Waals surface area contributed by atoms with Crippen molar-refractivity contribution in [3.05, 3.63) is 11.7 Å². The molecule has 0 bridgehead atoms. The molecular weight excluding hydrogens is 391 g/mol. The first-order chi connectivity index (χ1) is 13.7. The zero-order chi connectivity index (χ0) is 20.8. The fraction of sp³-hybridized carbons (Fsp3) is 0.778. The first-order valence-corrected chi connectivity index (χ1v) is 9.90. The Morgan fingerprint density at radius 1 is 1.38 bits per heavy atom. The molecule has 1 aliphatic carbocycles. The van der Waals surface area contributed by atoms with Gasteiger partial charge < -0.3 is 20.1 Å². The molecule has 8 nitrogen and oxygen atoms in total. The van der Waals surface area contributed by atoms with Gasteiger partial charge in [-0.3, -0.25) is 9.59 Å². The molecule has 1 aromatic rings. The summed E-state index contributed by atoms with van der Waals surface area (Å²) in [4.78, 5) is 31.2. The average Bonchev–Trinajstić information content (AvgIpc) is 3.23. The maximum atomic E-state index is 14.0. The van der Waals surface area contributed by atoms with Crippen LogP contribution in [0.4, 0.5) is 13.2 Å². The van der Waals surface area contributed by atoms with E-state index in [0.717, 1.165) is 17.7 Å². The number of rotatable bonds is 6. The fourth-order valence-electron chi connectivity index (χ4n) is 3.93. The van der Waals surface area contributed by atoms with Crippen molar-refractivity contribution in [1.82, 2.24) is 19.9 Å². The van der Waals surface area contributed by atoms with Crippen molar-refractivity contribution in [3.8, 4) is 0 Å². The van der Waals surface area contributed by atoms with Crippen LogP contribution in [0.5, 0.6) is 0 Å². The smallest absolute Gasteiger partial charge is 0.265 e. The van der Waals surface area contributed by atoms with E-state index in [1.165, 1.54) is 4.90 Å². The van der Waals surface area contributed by atoms with Crippen LogP contribution in [-0.4, -0.2) is 69.5 Å². The molecule has 4 rings (SSSR count). The van der Waals surface area contributed by atoms with Crippen LogP contribution < -0.4 is 5.73 Å². The molecule has 2 aliphatic heterocycles. The van der Waals surface area contributed by atoms with Gasteiger partial charge in [0.2, 0.25) is 17.7 Å². The van der Waals surface area contributed by atoms with E-state index >= 15 is 0 Å². The first kappa shape index (κ1) is 20.1. The number of hydrogen-bond acceptors (Lipinski definition) is 6. The summed E-state index contributed by atoms with van der Waals surface area (Å²) in [5.41, 5.74) is 5.96. The van der Waals surface area contributed by atoms with Crippen LogP contribution in [-0.2, 0) is 9.59 Å². The van der Waals surface area contributed by atoms with E-state index in [2.05, 4.69) is 10.1 Å². The average molecular weight is 415 g/mol. The molecule has 2 N–H and O–H groups in total. The van der Waals surface area contributed by atoms with Crippen LogP contribution in [0.2, 0.25) is 0 Å². The number of hydrogen-bond donors (Lipinski definition) is 1. The van der Waals surface area contributed by atoms with Crippen LogP contribution in [0.25, 0.3) is 0 Å². The van der Waals surface area contributed by atoms with Crippen LogP contribution in [0.1, 0.15) is 62.2 Å². The molecular formula is C18H24F3N5O3. The SMILES string of the molecule is NC(CC(=O)N1CC(F)CC1c1nc(C2CC2)no1)CN1CC(F)(F)CCC1=O. The lowest BCUT2D eigenvalue weighted by Gasteiger charge is -2.34. The minimum atomic E-state index is -2.95. The van der Waals surface area contributed by atoms with E-state index in [0.29, 0.717) is 5.82 Å². The van der Waals surface area contributed by atoms with Crippen molar-refractivity contribution in [3.63, 3.8) is 0 Å². The Balaban J connectivity index is 1.37. The molecule has 3 heterocycles. The predicted molar refractivity (Wildman–Crippen MR) is 93.6 cm³/mol. The van der Waals surface area contributed by atoms with Crippen molar-refractivity contribution >= 4 is 11.8 Å². The zero-order valence-electron chi connectivity index (χ0n) is 15.9.